The Hall–Kier alpha value is -1.81. The number of nitrogens with one attached hydrogen (secondary N) is 1. The fourth-order valence-electron chi connectivity index (χ4n) is 2.83. The van der Waals surface area contributed by atoms with Crippen molar-refractivity contribution in [3.8, 4) is 0 Å². The topological polar surface area (TPSA) is 55.1 Å². The second kappa shape index (κ2) is 5.53. The molecule has 1 aromatic carbocycles. The van der Waals surface area contributed by atoms with Crippen molar-refractivity contribution in [2.24, 2.45) is 0 Å². The van der Waals surface area contributed by atoms with Crippen LogP contribution in [-0.4, -0.2) is 5.91 Å². The van der Waals surface area contributed by atoms with Crippen molar-refractivity contribution in [3.63, 3.8) is 0 Å². The number of nitrogens with two attached hydrogens (primary N) is 1. The molecular weight excluding hydrogens is 280 g/mol. The van der Waals surface area contributed by atoms with Crippen molar-refractivity contribution in [3.05, 3.63) is 44.6 Å². The zero-order valence-electron chi connectivity index (χ0n) is 12.5. The third-order valence-corrected chi connectivity index (χ3v) is 5.41. The summed E-state index contributed by atoms with van der Waals surface area (Å²) in [4.78, 5) is 14.7. The number of hydrogen-bond acceptors (Lipinski definition) is 3. The summed E-state index contributed by atoms with van der Waals surface area (Å²) < 4.78 is 0. The number of benzene rings is 1. The van der Waals surface area contributed by atoms with E-state index in [9.17, 15) is 4.79 Å². The standard InChI is InChI=1S/C17H20N2OS/c1-10-7-8-13(18)11(2)16(10)19-17(20)15-9-12-5-3-4-6-14(12)21-15/h7-9H,3-6,18H2,1-2H3,(H,19,20). The number of fused-ring (bicyclic) bond motifs is 1. The monoisotopic (exact) mass is 300 g/mol. The second-order valence-electron chi connectivity index (χ2n) is 5.69. The van der Waals surface area contributed by atoms with Crippen molar-refractivity contribution in [1.82, 2.24) is 0 Å². The lowest BCUT2D eigenvalue weighted by Gasteiger charge is -2.12. The van der Waals surface area contributed by atoms with Gasteiger partial charge in [-0.05, 0) is 68.4 Å². The van der Waals surface area contributed by atoms with Gasteiger partial charge >= 0.3 is 0 Å². The molecule has 110 valence electrons. The number of hydrogen-bond donors (Lipinski definition) is 2. The van der Waals surface area contributed by atoms with Crippen molar-refractivity contribution < 1.29 is 4.79 Å². The molecule has 1 aliphatic rings. The molecule has 0 atom stereocenters. The summed E-state index contributed by atoms with van der Waals surface area (Å²) in [5.41, 5.74) is 10.8. The molecule has 21 heavy (non-hydrogen) atoms. The smallest absolute Gasteiger partial charge is 0.265 e. The van der Waals surface area contributed by atoms with Gasteiger partial charge in [-0.3, -0.25) is 4.79 Å². The van der Waals surface area contributed by atoms with E-state index in [4.69, 9.17) is 5.73 Å². The highest BCUT2D eigenvalue weighted by molar-refractivity contribution is 7.14. The summed E-state index contributed by atoms with van der Waals surface area (Å²) in [6.45, 7) is 3.93. The van der Waals surface area contributed by atoms with Gasteiger partial charge in [-0.1, -0.05) is 6.07 Å². The van der Waals surface area contributed by atoms with Gasteiger partial charge < -0.3 is 11.1 Å². The zero-order chi connectivity index (χ0) is 15.0. The maximum absolute atomic E-state index is 12.5. The number of amides is 1. The van der Waals surface area contributed by atoms with Crippen molar-refractivity contribution in [2.75, 3.05) is 11.1 Å². The Kier molecular flexibility index (Phi) is 3.72. The van der Waals surface area contributed by atoms with Gasteiger partial charge in [-0.15, -0.1) is 11.3 Å². The minimum absolute atomic E-state index is 0.0220. The molecule has 4 heteroatoms. The molecule has 3 N–H and O–H groups in total. The van der Waals surface area contributed by atoms with Gasteiger partial charge in [-0.2, -0.15) is 0 Å². The highest BCUT2D eigenvalue weighted by Crippen LogP contribution is 2.31. The minimum Gasteiger partial charge on any atom is -0.398 e. The predicted octanol–water partition coefficient (Wildman–Crippen LogP) is 4.08. The number of carbonyl (C=O) groups is 1. The molecule has 0 bridgehead atoms. The van der Waals surface area contributed by atoms with Gasteiger partial charge in [0.25, 0.3) is 5.91 Å². The number of rotatable bonds is 2. The van der Waals surface area contributed by atoms with E-state index in [2.05, 4.69) is 11.4 Å². The summed E-state index contributed by atoms with van der Waals surface area (Å²) >= 11 is 1.64. The molecule has 0 unspecified atom stereocenters. The molecule has 2 aromatic rings. The van der Waals surface area contributed by atoms with Crippen LogP contribution in [0, 0.1) is 13.8 Å². The highest BCUT2D eigenvalue weighted by atomic mass is 32.1. The lowest BCUT2D eigenvalue weighted by atomic mass is 9.99. The number of anilines is 2. The predicted molar refractivity (Wildman–Crippen MR) is 89.2 cm³/mol. The van der Waals surface area contributed by atoms with Crippen molar-refractivity contribution in [1.29, 1.82) is 0 Å². The van der Waals surface area contributed by atoms with Crippen LogP contribution in [0.2, 0.25) is 0 Å². The van der Waals surface area contributed by atoms with Crippen LogP contribution in [0.25, 0.3) is 0 Å². The Labute approximate surface area is 129 Å². The van der Waals surface area contributed by atoms with Crippen LogP contribution < -0.4 is 11.1 Å². The first-order valence-electron chi connectivity index (χ1n) is 7.35. The van der Waals surface area contributed by atoms with Crippen molar-refractivity contribution in [2.45, 2.75) is 39.5 Å². The van der Waals surface area contributed by atoms with Crippen LogP contribution >= 0.6 is 11.3 Å². The van der Waals surface area contributed by atoms with E-state index in [0.29, 0.717) is 5.69 Å². The third kappa shape index (κ3) is 2.68. The zero-order valence-corrected chi connectivity index (χ0v) is 13.3. The second-order valence-corrected chi connectivity index (χ2v) is 6.83. The molecular formula is C17H20N2OS. The van der Waals surface area contributed by atoms with Crippen LogP contribution in [0.15, 0.2) is 18.2 Å². The Balaban J connectivity index is 1.87. The maximum Gasteiger partial charge on any atom is 0.265 e. The normalized spacial score (nSPS) is 13.8. The minimum atomic E-state index is -0.0220. The van der Waals surface area contributed by atoms with E-state index in [1.54, 1.807) is 11.3 Å². The summed E-state index contributed by atoms with van der Waals surface area (Å²) in [6, 6.07) is 5.88. The van der Waals surface area contributed by atoms with E-state index < -0.39 is 0 Å². The Morgan fingerprint density at radius 2 is 2.00 bits per heavy atom. The average Bonchev–Trinajstić information content (AvgIpc) is 2.91. The Bertz CT molecular complexity index is 680. The maximum atomic E-state index is 12.5. The largest absolute Gasteiger partial charge is 0.398 e. The van der Waals surface area contributed by atoms with E-state index >= 15 is 0 Å². The molecule has 3 nitrogen and oxygen atoms in total. The molecule has 0 fully saturated rings. The molecule has 0 saturated heterocycles. The van der Waals surface area contributed by atoms with Gasteiger partial charge in [0.05, 0.1) is 4.88 Å². The van der Waals surface area contributed by atoms with Crippen LogP contribution in [0.1, 0.15) is 44.1 Å². The van der Waals surface area contributed by atoms with Gasteiger partial charge in [-0.25, -0.2) is 0 Å². The fraction of sp³-hybridized carbons (Fsp3) is 0.353. The van der Waals surface area contributed by atoms with Crippen LogP contribution in [-0.2, 0) is 12.8 Å². The number of carbonyl (C=O) groups excluding carboxylic acids is 1. The lowest BCUT2D eigenvalue weighted by molar-refractivity contribution is 0.103. The van der Waals surface area contributed by atoms with E-state index in [1.165, 1.54) is 23.3 Å². The third-order valence-electron chi connectivity index (χ3n) is 4.17. The van der Waals surface area contributed by atoms with Gasteiger partial charge in [0.15, 0.2) is 0 Å². The van der Waals surface area contributed by atoms with Crippen LogP contribution in [0.5, 0.6) is 0 Å². The van der Waals surface area contributed by atoms with Crippen molar-refractivity contribution >= 4 is 28.6 Å². The molecule has 0 aliphatic heterocycles. The van der Waals surface area contributed by atoms with E-state index in [1.807, 2.05) is 26.0 Å². The van der Waals surface area contributed by atoms with Gasteiger partial charge in [0.2, 0.25) is 0 Å². The first kappa shape index (κ1) is 14.1. The molecule has 0 saturated carbocycles. The molecule has 1 heterocycles. The SMILES string of the molecule is Cc1ccc(N)c(C)c1NC(=O)c1cc2c(s1)CCCC2. The first-order chi connectivity index (χ1) is 10.1. The molecule has 1 aliphatic carbocycles. The molecule has 3 rings (SSSR count). The summed E-state index contributed by atoms with van der Waals surface area (Å²) in [6.07, 6.45) is 4.69. The van der Waals surface area contributed by atoms with Crippen LogP contribution in [0.3, 0.4) is 0 Å². The summed E-state index contributed by atoms with van der Waals surface area (Å²) in [5.74, 6) is -0.0220. The molecule has 1 aromatic heterocycles. The Morgan fingerprint density at radius 1 is 1.24 bits per heavy atom. The van der Waals surface area contributed by atoms with Gasteiger partial charge in [0.1, 0.15) is 0 Å². The Morgan fingerprint density at radius 3 is 2.76 bits per heavy atom. The quantitative estimate of drug-likeness (QED) is 0.821. The first-order valence-corrected chi connectivity index (χ1v) is 8.16. The lowest BCUT2D eigenvalue weighted by Crippen LogP contribution is -2.13. The molecule has 0 spiro atoms. The fourth-order valence-corrected chi connectivity index (χ4v) is 3.98. The number of nitrogen functional groups attached to an aromatic ring is 1. The van der Waals surface area contributed by atoms with Crippen LogP contribution in [0.4, 0.5) is 11.4 Å². The average molecular weight is 300 g/mol. The van der Waals surface area contributed by atoms with Gasteiger partial charge in [0, 0.05) is 16.3 Å². The molecule has 1 amide bonds. The molecule has 0 radical (unpaired) electrons. The van der Waals surface area contributed by atoms with E-state index in [-0.39, 0.29) is 5.91 Å². The van der Waals surface area contributed by atoms with E-state index in [0.717, 1.165) is 34.5 Å². The number of aryl methyl sites for hydroxylation is 3. The summed E-state index contributed by atoms with van der Waals surface area (Å²) in [5, 5.41) is 3.04. The number of thiophene rings is 1. The highest BCUT2D eigenvalue weighted by Gasteiger charge is 2.18. The summed E-state index contributed by atoms with van der Waals surface area (Å²) in [7, 11) is 0.